The zero-order valence-electron chi connectivity index (χ0n) is 20.4. The van der Waals surface area contributed by atoms with Gasteiger partial charge in [-0.1, -0.05) is 60.3 Å². The Morgan fingerprint density at radius 3 is 2.34 bits per heavy atom. The third-order valence-electron chi connectivity index (χ3n) is 5.69. The van der Waals surface area contributed by atoms with Crippen molar-refractivity contribution in [2.24, 2.45) is 0 Å². The van der Waals surface area contributed by atoms with Crippen LogP contribution >= 0.6 is 23.1 Å². The van der Waals surface area contributed by atoms with Gasteiger partial charge in [-0.15, -0.1) is 11.3 Å². The lowest BCUT2D eigenvalue weighted by atomic mass is 10.1. The van der Waals surface area contributed by atoms with E-state index in [1.165, 1.54) is 23.1 Å². The molecule has 0 radical (unpaired) electrons. The molecule has 3 aromatic carbocycles. The standard InChI is InChI=1S/C29H23N3O4S2/c1-2-36-28(35)20-13-15-21(16-14-20)30-24(33)18-38-29-31-26-25(23(17-37-26)19-9-5-3-6-10-19)27(34)32(29)22-11-7-4-8-12-22/h3-17H,2,18H2,1H3,(H,30,33). The van der Waals surface area contributed by atoms with Crippen LogP contribution in [0.2, 0.25) is 0 Å². The Balaban J connectivity index is 1.42. The van der Waals surface area contributed by atoms with Crippen LogP contribution in [0, 0.1) is 0 Å². The molecule has 7 nitrogen and oxygen atoms in total. The number of benzene rings is 3. The number of anilines is 1. The number of thioether (sulfide) groups is 1. The average molecular weight is 542 g/mol. The van der Waals surface area contributed by atoms with E-state index < -0.39 is 5.97 Å². The number of ether oxygens (including phenoxy) is 1. The average Bonchev–Trinajstić information content (AvgIpc) is 3.38. The number of nitrogens with zero attached hydrogens (tertiary/aromatic N) is 2. The van der Waals surface area contributed by atoms with Crippen molar-refractivity contribution >= 4 is 50.9 Å². The molecule has 0 atom stereocenters. The Bertz CT molecular complexity index is 1650. The number of hydrogen-bond acceptors (Lipinski definition) is 7. The maximum Gasteiger partial charge on any atom is 0.338 e. The van der Waals surface area contributed by atoms with E-state index in [0.717, 1.165) is 11.1 Å². The van der Waals surface area contributed by atoms with Gasteiger partial charge in [0.2, 0.25) is 5.91 Å². The molecule has 38 heavy (non-hydrogen) atoms. The molecule has 0 spiro atoms. The van der Waals surface area contributed by atoms with Gasteiger partial charge in [0.15, 0.2) is 5.16 Å². The number of rotatable bonds is 8. The van der Waals surface area contributed by atoms with Crippen LogP contribution in [0.25, 0.3) is 27.0 Å². The van der Waals surface area contributed by atoms with Crippen molar-refractivity contribution in [1.29, 1.82) is 0 Å². The molecule has 2 heterocycles. The topological polar surface area (TPSA) is 90.3 Å². The molecule has 0 bridgehead atoms. The Morgan fingerprint density at radius 1 is 0.974 bits per heavy atom. The number of thiophene rings is 1. The molecule has 0 unspecified atom stereocenters. The molecule has 0 saturated heterocycles. The minimum Gasteiger partial charge on any atom is -0.462 e. The quantitative estimate of drug-likeness (QED) is 0.147. The zero-order chi connectivity index (χ0) is 26.5. The fraction of sp³-hybridized carbons (Fsp3) is 0.103. The maximum absolute atomic E-state index is 13.9. The number of carbonyl (C=O) groups excluding carboxylic acids is 2. The summed E-state index contributed by atoms with van der Waals surface area (Å²) in [5, 5.41) is 5.76. The van der Waals surface area contributed by atoms with Crippen LogP contribution in [0.5, 0.6) is 0 Å². The highest BCUT2D eigenvalue weighted by atomic mass is 32.2. The number of amides is 1. The van der Waals surface area contributed by atoms with Crippen LogP contribution in [0.15, 0.2) is 100 Å². The molecule has 5 rings (SSSR count). The molecule has 0 aliphatic rings. The number of carbonyl (C=O) groups is 2. The van der Waals surface area contributed by atoms with Gasteiger partial charge in [-0.3, -0.25) is 14.2 Å². The van der Waals surface area contributed by atoms with Crippen molar-refractivity contribution in [3.05, 3.63) is 106 Å². The summed E-state index contributed by atoms with van der Waals surface area (Å²) in [6.07, 6.45) is 0. The number of fused-ring (bicyclic) bond motifs is 1. The number of aromatic nitrogens is 2. The smallest absolute Gasteiger partial charge is 0.338 e. The van der Waals surface area contributed by atoms with Crippen molar-refractivity contribution in [2.75, 3.05) is 17.7 Å². The molecule has 0 saturated carbocycles. The lowest BCUT2D eigenvalue weighted by Crippen LogP contribution is -2.22. The molecule has 0 fully saturated rings. The van der Waals surface area contributed by atoms with E-state index in [4.69, 9.17) is 9.72 Å². The van der Waals surface area contributed by atoms with E-state index in [1.54, 1.807) is 35.8 Å². The molecular weight excluding hydrogens is 518 g/mol. The van der Waals surface area contributed by atoms with Crippen molar-refractivity contribution in [2.45, 2.75) is 12.1 Å². The second kappa shape index (κ2) is 11.5. The van der Waals surface area contributed by atoms with Gasteiger partial charge in [0.1, 0.15) is 4.83 Å². The van der Waals surface area contributed by atoms with Gasteiger partial charge in [0.25, 0.3) is 5.56 Å². The monoisotopic (exact) mass is 541 g/mol. The maximum atomic E-state index is 13.9. The highest BCUT2D eigenvalue weighted by Gasteiger charge is 2.19. The minimum atomic E-state index is -0.412. The Hall–Kier alpha value is -4.21. The van der Waals surface area contributed by atoms with Crippen molar-refractivity contribution in [1.82, 2.24) is 9.55 Å². The lowest BCUT2D eigenvalue weighted by Gasteiger charge is -2.13. The predicted molar refractivity (Wildman–Crippen MR) is 152 cm³/mol. The first kappa shape index (κ1) is 25.4. The van der Waals surface area contributed by atoms with Crippen molar-refractivity contribution in [3.63, 3.8) is 0 Å². The van der Waals surface area contributed by atoms with E-state index in [-0.39, 0.29) is 17.2 Å². The van der Waals surface area contributed by atoms with Gasteiger partial charge in [-0.25, -0.2) is 9.78 Å². The van der Waals surface area contributed by atoms with E-state index in [9.17, 15) is 14.4 Å². The second-order valence-electron chi connectivity index (χ2n) is 8.20. The molecule has 190 valence electrons. The lowest BCUT2D eigenvalue weighted by molar-refractivity contribution is -0.113. The fourth-order valence-electron chi connectivity index (χ4n) is 3.94. The second-order valence-corrected chi connectivity index (χ2v) is 10.0. The SMILES string of the molecule is CCOC(=O)c1ccc(NC(=O)CSc2nc3scc(-c4ccccc4)c3c(=O)n2-c2ccccc2)cc1. The summed E-state index contributed by atoms with van der Waals surface area (Å²) in [5.74, 6) is -0.629. The van der Waals surface area contributed by atoms with Gasteiger partial charge in [-0.2, -0.15) is 0 Å². The number of hydrogen-bond donors (Lipinski definition) is 1. The summed E-state index contributed by atoms with van der Waals surface area (Å²) in [4.78, 5) is 43.9. The fourth-order valence-corrected chi connectivity index (χ4v) is 5.74. The highest BCUT2D eigenvalue weighted by molar-refractivity contribution is 7.99. The third kappa shape index (κ3) is 5.39. The molecular formula is C29H23N3O4S2. The van der Waals surface area contributed by atoms with Crippen molar-refractivity contribution in [3.8, 4) is 16.8 Å². The summed E-state index contributed by atoms with van der Waals surface area (Å²) < 4.78 is 6.55. The van der Waals surface area contributed by atoms with Crippen LogP contribution in [-0.2, 0) is 9.53 Å². The van der Waals surface area contributed by atoms with E-state index in [2.05, 4.69) is 5.32 Å². The molecule has 5 aromatic rings. The Labute approximate surface area is 227 Å². The summed E-state index contributed by atoms with van der Waals surface area (Å²) in [5.41, 5.74) is 3.25. The molecule has 2 aromatic heterocycles. The largest absolute Gasteiger partial charge is 0.462 e. The van der Waals surface area contributed by atoms with Gasteiger partial charge < -0.3 is 10.1 Å². The van der Waals surface area contributed by atoms with Gasteiger partial charge in [-0.05, 0) is 48.9 Å². The minimum absolute atomic E-state index is 0.0430. The predicted octanol–water partition coefficient (Wildman–Crippen LogP) is 6.02. The third-order valence-corrected chi connectivity index (χ3v) is 7.50. The first-order valence-corrected chi connectivity index (χ1v) is 13.8. The summed E-state index contributed by atoms with van der Waals surface area (Å²) in [6, 6.07) is 25.6. The first-order chi connectivity index (χ1) is 18.5. The number of nitrogens with one attached hydrogen (secondary N) is 1. The van der Waals surface area contributed by atoms with Gasteiger partial charge >= 0.3 is 5.97 Å². The summed E-state index contributed by atoms with van der Waals surface area (Å²) in [7, 11) is 0. The van der Waals surface area contributed by atoms with Gasteiger partial charge in [0.05, 0.1) is 29.0 Å². The number of para-hydroxylation sites is 1. The molecule has 0 aliphatic heterocycles. The molecule has 1 N–H and O–H groups in total. The molecule has 0 aliphatic carbocycles. The zero-order valence-corrected chi connectivity index (χ0v) is 22.1. The van der Waals surface area contributed by atoms with Gasteiger partial charge in [0, 0.05) is 16.6 Å². The van der Waals surface area contributed by atoms with Crippen LogP contribution in [0.1, 0.15) is 17.3 Å². The van der Waals surface area contributed by atoms with Crippen molar-refractivity contribution < 1.29 is 14.3 Å². The summed E-state index contributed by atoms with van der Waals surface area (Å²) >= 11 is 2.60. The Kier molecular flexibility index (Phi) is 7.67. The van der Waals surface area contributed by atoms with E-state index in [1.807, 2.05) is 66.0 Å². The number of esters is 1. The molecule has 1 amide bonds. The van der Waals surface area contributed by atoms with Crippen LogP contribution in [0.3, 0.4) is 0 Å². The van der Waals surface area contributed by atoms with Crippen LogP contribution in [-0.4, -0.2) is 33.8 Å². The normalized spacial score (nSPS) is 10.9. The van der Waals surface area contributed by atoms with Crippen LogP contribution in [0.4, 0.5) is 5.69 Å². The summed E-state index contributed by atoms with van der Waals surface area (Å²) in [6.45, 7) is 2.04. The van der Waals surface area contributed by atoms with E-state index in [0.29, 0.717) is 38.9 Å². The van der Waals surface area contributed by atoms with E-state index >= 15 is 0 Å². The first-order valence-electron chi connectivity index (χ1n) is 11.9. The highest BCUT2D eigenvalue weighted by Crippen LogP contribution is 2.33. The molecule has 9 heteroatoms. The Morgan fingerprint density at radius 2 is 1.66 bits per heavy atom. The van der Waals surface area contributed by atoms with Crippen LogP contribution < -0.4 is 10.9 Å².